The number of rotatable bonds is 6. The van der Waals surface area contributed by atoms with Crippen LogP contribution < -0.4 is 19.1 Å². The first-order valence-electron chi connectivity index (χ1n) is 9.94. The molecule has 33 heavy (non-hydrogen) atoms. The molecule has 11 heteroatoms. The third-order valence-corrected chi connectivity index (χ3v) is 6.55. The van der Waals surface area contributed by atoms with E-state index in [2.05, 4.69) is 19.8 Å². The summed E-state index contributed by atoms with van der Waals surface area (Å²) in [5.41, 5.74) is 2.61. The maximum atomic E-state index is 12.9. The molecule has 0 saturated carbocycles. The van der Waals surface area contributed by atoms with E-state index in [1.54, 1.807) is 38.2 Å². The number of sulfonamides is 1. The number of nitrogens with zero attached hydrogens (tertiary/aromatic N) is 4. The Morgan fingerprint density at radius 1 is 1.03 bits per heavy atom. The third-order valence-electron chi connectivity index (χ3n) is 5.20. The molecule has 5 rings (SSSR count). The number of nitrogens with one attached hydrogen (secondary N) is 1. The van der Waals surface area contributed by atoms with Gasteiger partial charge in [-0.25, -0.2) is 23.1 Å². The van der Waals surface area contributed by atoms with Crippen molar-refractivity contribution < 1.29 is 22.4 Å². The molecule has 168 valence electrons. The largest absolute Gasteiger partial charge is 0.454 e. The van der Waals surface area contributed by atoms with E-state index >= 15 is 0 Å². The van der Waals surface area contributed by atoms with Crippen LogP contribution in [-0.4, -0.2) is 30.3 Å². The molecule has 4 aromatic rings. The molecule has 3 heterocycles. The second-order valence-electron chi connectivity index (χ2n) is 7.24. The Hall–Kier alpha value is -4.12. The number of fused-ring (bicyclic) bond motifs is 1. The van der Waals surface area contributed by atoms with Gasteiger partial charge in [0, 0.05) is 17.4 Å². The van der Waals surface area contributed by atoms with E-state index in [-0.39, 0.29) is 17.6 Å². The molecule has 1 aliphatic heterocycles. The van der Waals surface area contributed by atoms with E-state index in [1.165, 1.54) is 18.5 Å². The van der Waals surface area contributed by atoms with Crippen LogP contribution in [-0.2, 0) is 10.0 Å². The summed E-state index contributed by atoms with van der Waals surface area (Å²) in [5, 5.41) is 3.78. The summed E-state index contributed by atoms with van der Waals surface area (Å²) < 4.78 is 44.5. The van der Waals surface area contributed by atoms with Crippen molar-refractivity contribution in [2.24, 2.45) is 0 Å². The monoisotopic (exact) mass is 465 g/mol. The van der Waals surface area contributed by atoms with Crippen LogP contribution in [0.1, 0.15) is 11.3 Å². The number of aryl methyl sites for hydroxylation is 1. The van der Waals surface area contributed by atoms with Gasteiger partial charge in [-0.15, -0.1) is 0 Å². The predicted molar refractivity (Wildman–Crippen MR) is 120 cm³/mol. The summed E-state index contributed by atoms with van der Waals surface area (Å²) in [5.74, 6) is 1.87. The minimum atomic E-state index is -3.88. The van der Waals surface area contributed by atoms with Crippen LogP contribution >= 0.6 is 0 Å². The van der Waals surface area contributed by atoms with Crippen LogP contribution in [0.2, 0.25) is 0 Å². The Balaban J connectivity index is 1.53. The molecular formula is C22H19N5O5S. The molecule has 1 N–H and O–H groups in total. The molecule has 0 radical (unpaired) electrons. The van der Waals surface area contributed by atoms with Crippen molar-refractivity contribution in [2.75, 3.05) is 16.4 Å². The molecule has 0 fully saturated rings. The van der Waals surface area contributed by atoms with Gasteiger partial charge in [-0.3, -0.25) is 4.90 Å². The Morgan fingerprint density at radius 3 is 2.55 bits per heavy atom. The van der Waals surface area contributed by atoms with E-state index in [9.17, 15) is 8.42 Å². The summed E-state index contributed by atoms with van der Waals surface area (Å²) in [6.45, 7) is 3.59. The Morgan fingerprint density at radius 2 is 1.85 bits per heavy atom. The van der Waals surface area contributed by atoms with Crippen molar-refractivity contribution >= 4 is 33.1 Å². The number of ether oxygens (including phenoxy) is 2. The maximum absolute atomic E-state index is 12.9. The highest BCUT2D eigenvalue weighted by Gasteiger charge is 2.25. The highest BCUT2D eigenvalue weighted by molar-refractivity contribution is 7.92. The molecule has 0 saturated heterocycles. The molecule has 0 spiro atoms. The molecule has 2 aromatic heterocycles. The molecule has 0 amide bonds. The fraction of sp³-hybridized carbons (Fsp3) is 0.136. The average molecular weight is 465 g/mol. The summed E-state index contributed by atoms with van der Waals surface area (Å²) in [7, 11) is -3.88. The van der Waals surface area contributed by atoms with E-state index in [0.717, 1.165) is 0 Å². The Kier molecular flexibility index (Phi) is 5.09. The van der Waals surface area contributed by atoms with Crippen molar-refractivity contribution in [1.82, 2.24) is 15.1 Å². The van der Waals surface area contributed by atoms with E-state index in [4.69, 9.17) is 14.0 Å². The van der Waals surface area contributed by atoms with Gasteiger partial charge in [0.15, 0.2) is 11.5 Å². The normalized spacial score (nSPS) is 12.5. The molecule has 0 bridgehead atoms. The number of hydrogen-bond acceptors (Lipinski definition) is 9. The SMILES string of the molecule is Cc1noc(NS(=O)(=O)c2ccc(N(c3ccncn3)c3cccc4c3OCO4)cc2)c1C. The fourth-order valence-electron chi connectivity index (χ4n) is 3.37. The molecule has 2 aromatic carbocycles. The van der Waals surface area contributed by atoms with Crippen LogP contribution in [0.4, 0.5) is 23.1 Å². The van der Waals surface area contributed by atoms with Gasteiger partial charge in [-0.1, -0.05) is 11.2 Å². The number of hydrogen-bond donors (Lipinski definition) is 1. The number of aromatic nitrogens is 3. The highest BCUT2D eigenvalue weighted by Crippen LogP contribution is 2.46. The lowest BCUT2D eigenvalue weighted by Crippen LogP contribution is -2.15. The Bertz CT molecular complexity index is 1410. The van der Waals surface area contributed by atoms with Gasteiger partial charge >= 0.3 is 0 Å². The van der Waals surface area contributed by atoms with Gasteiger partial charge in [0.1, 0.15) is 12.1 Å². The topological polar surface area (TPSA) is 120 Å². The number of para-hydroxylation sites is 1. The minimum Gasteiger partial charge on any atom is -0.454 e. The summed E-state index contributed by atoms with van der Waals surface area (Å²) in [6.07, 6.45) is 3.06. The lowest BCUT2D eigenvalue weighted by Gasteiger charge is -2.25. The lowest BCUT2D eigenvalue weighted by molar-refractivity contribution is 0.174. The van der Waals surface area contributed by atoms with E-state index in [0.29, 0.717) is 39.9 Å². The van der Waals surface area contributed by atoms with Gasteiger partial charge in [-0.05, 0) is 56.3 Å². The number of anilines is 4. The zero-order chi connectivity index (χ0) is 23.0. The number of benzene rings is 2. The zero-order valence-electron chi connectivity index (χ0n) is 17.7. The van der Waals surface area contributed by atoms with E-state index < -0.39 is 10.0 Å². The van der Waals surface area contributed by atoms with Crippen molar-refractivity contribution in [3.05, 3.63) is 72.3 Å². The standard InChI is InChI=1S/C22H19N5O5S/c1-14-15(2)25-32-22(14)26-33(28,29)17-8-6-16(7-9-17)27(20-10-11-23-12-24-20)18-4-3-5-19-21(18)31-13-30-19/h3-12,26H,13H2,1-2H3. The second kappa shape index (κ2) is 8.10. The van der Waals surface area contributed by atoms with Crippen LogP contribution in [0.25, 0.3) is 0 Å². The van der Waals surface area contributed by atoms with Crippen LogP contribution in [0.15, 0.2) is 70.5 Å². The molecule has 0 atom stereocenters. The van der Waals surface area contributed by atoms with Crippen molar-refractivity contribution in [3.63, 3.8) is 0 Å². The zero-order valence-corrected chi connectivity index (χ0v) is 18.5. The molecule has 0 aliphatic carbocycles. The maximum Gasteiger partial charge on any atom is 0.264 e. The smallest absolute Gasteiger partial charge is 0.264 e. The van der Waals surface area contributed by atoms with Crippen LogP contribution in [0, 0.1) is 13.8 Å². The molecule has 1 aliphatic rings. The van der Waals surface area contributed by atoms with Gasteiger partial charge < -0.3 is 14.0 Å². The van der Waals surface area contributed by atoms with E-state index in [1.807, 2.05) is 23.1 Å². The van der Waals surface area contributed by atoms with Gasteiger partial charge in [0.25, 0.3) is 10.0 Å². The quantitative estimate of drug-likeness (QED) is 0.449. The summed E-state index contributed by atoms with van der Waals surface area (Å²) in [6, 6.07) is 13.7. The lowest BCUT2D eigenvalue weighted by atomic mass is 10.2. The summed E-state index contributed by atoms with van der Waals surface area (Å²) >= 11 is 0. The molecule has 0 unspecified atom stereocenters. The Labute approximate surface area is 189 Å². The molecule has 10 nitrogen and oxygen atoms in total. The van der Waals surface area contributed by atoms with Gasteiger partial charge in [0.2, 0.25) is 12.7 Å². The van der Waals surface area contributed by atoms with Crippen molar-refractivity contribution in [1.29, 1.82) is 0 Å². The van der Waals surface area contributed by atoms with Crippen molar-refractivity contribution in [2.45, 2.75) is 18.7 Å². The second-order valence-corrected chi connectivity index (χ2v) is 8.92. The minimum absolute atomic E-state index is 0.0696. The predicted octanol–water partition coefficient (Wildman–Crippen LogP) is 4.08. The third kappa shape index (κ3) is 3.82. The van der Waals surface area contributed by atoms with Crippen LogP contribution in [0.3, 0.4) is 0 Å². The molecular weight excluding hydrogens is 446 g/mol. The first-order chi connectivity index (χ1) is 15.9. The van der Waals surface area contributed by atoms with Crippen LogP contribution in [0.5, 0.6) is 11.5 Å². The average Bonchev–Trinajstić information content (AvgIpc) is 3.43. The highest BCUT2D eigenvalue weighted by atomic mass is 32.2. The fourth-order valence-corrected chi connectivity index (χ4v) is 4.41. The first kappa shape index (κ1) is 20.8. The van der Waals surface area contributed by atoms with Crippen molar-refractivity contribution in [3.8, 4) is 11.5 Å². The van der Waals surface area contributed by atoms with Gasteiger partial charge in [0.05, 0.1) is 16.3 Å². The van der Waals surface area contributed by atoms with Gasteiger partial charge in [-0.2, -0.15) is 0 Å². The first-order valence-corrected chi connectivity index (χ1v) is 11.4. The summed E-state index contributed by atoms with van der Waals surface area (Å²) in [4.78, 5) is 10.3.